The normalized spacial score (nSPS) is 25.3. The van der Waals surface area contributed by atoms with Crippen LogP contribution in [0.1, 0.15) is 26.2 Å². The van der Waals surface area contributed by atoms with Crippen LogP contribution < -0.4 is 0 Å². The van der Waals surface area contributed by atoms with Crippen LogP contribution in [0.3, 0.4) is 0 Å². The lowest BCUT2D eigenvalue weighted by Crippen LogP contribution is -2.40. The van der Waals surface area contributed by atoms with E-state index in [1.54, 1.807) is 6.92 Å². The van der Waals surface area contributed by atoms with Crippen molar-refractivity contribution in [2.75, 3.05) is 13.2 Å². The van der Waals surface area contributed by atoms with Gasteiger partial charge in [-0.15, -0.1) is 9.60 Å². The zero-order chi connectivity index (χ0) is 8.97. The zero-order valence-electron chi connectivity index (χ0n) is 7.25. The summed E-state index contributed by atoms with van der Waals surface area (Å²) in [4.78, 5) is 11.1. The van der Waals surface area contributed by atoms with Gasteiger partial charge in [0.15, 0.2) is 0 Å². The SMILES string of the molecule is CCOC(=O)C1CCCCN1F. The van der Waals surface area contributed by atoms with Gasteiger partial charge in [-0.3, -0.25) is 4.79 Å². The summed E-state index contributed by atoms with van der Waals surface area (Å²) in [5, 5.41) is 0.585. The molecule has 1 aliphatic heterocycles. The molecule has 0 bridgehead atoms. The van der Waals surface area contributed by atoms with Gasteiger partial charge in [0.2, 0.25) is 0 Å². The molecule has 1 fully saturated rings. The predicted molar refractivity (Wildman–Crippen MR) is 42.1 cm³/mol. The van der Waals surface area contributed by atoms with Crippen LogP contribution in [-0.4, -0.2) is 30.3 Å². The number of halogens is 1. The zero-order valence-corrected chi connectivity index (χ0v) is 7.25. The van der Waals surface area contributed by atoms with Crippen LogP contribution in [0.2, 0.25) is 0 Å². The van der Waals surface area contributed by atoms with Crippen molar-refractivity contribution in [3.8, 4) is 0 Å². The number of hydrogen-bond acceptors (Lipinski definition) is 3. The smallest absolute Gasteiger partial charge is 0.326 e. The maximum Gasteiger partial charge on any atom is 0.326 e. The molecule has 4 heteroatoms. The minimum atomic E-state index is -0.654. The first kappa shape index (κ1) is 9.45. The first-order valence-corrected chi connectivity index (χ1v) is 4.34. The van der Waals surface area contributed by atoms with Gasteiger partial charge in [-0.25, -0.2) is 0 Å². The van der Waals surface area contributed by atoms with E-state index in [1.165, 1.54) is 0 Å². The van der Waals surface area contributed by atoms with Crippen molar-refractivity contribution in [3.05, 3.63) is 0 Å². The van der Waals surface area contributed by atoms with Gasteiger partial charge in [0.1, 0.15) is 6.04 Å². The van der Waals surface area contributed by atoms with Crippen LogP contribution in [-0.2, 0) is 9.53 Å². The van der Waals surface area contributed by atoms with Gasteiger partial charge < -0.3 is 4.74 Å². The molecule has 3 nitrogen and oxygen atoms in total. The highest BCUT2D eigenvalue weighted by Crippen LogP contribution is 2.17. The third kappa shape index (κ3) is 2.17. The molecule has 12 heavy (non-hydrogen) atoms. The van der Waals surface area contributed by atoms with Gasteiger partial charge >= 0.3 is 5.97 Å². The molecule has 1 saturated heterocycles. The van der Waals surface area contributed by atoms with E-state index in [2.05, 4.69) is 0 Å². The summed E-state index contributed by atoms with van der Waals surface area (Å²) in [5.74, 6) is -0.431. The van der Waals surface area contributed by atoms with Gasteiger partial charge in [-0.05, 0) is 26.2 Å². The fraction of sp³-hybridized carbons (Fsp3) is 0.875. The van der Waals surface area contributed by atoms with Gasteiger partial charge in [0.05, 0.1) is 6.61 Å². The van der Waals surface area contributed by atoms with Crippen molar-refractivity contribution in [3.63, 3.8) is 0 Å². The van der Waals surface area contributed by atoms with Crippen LogP contribution in [0.5, 0.6) is 0 Å². The second-order valence-corrected chi connectivity index (χ2v) is 2.89. The van der Waals surface area contributed by atoms with Gasteiger partial charge in [0.25, 0.3) is 0 Å². The summed E-state index contributed by atoms with van der Waals surface area (Å²) in [6, 6.07) is -0.654. The van der Waals surface area contributed by atoms with Gasteiger partial charge in [-0.1, -0.05) is 0 Å². The van der Waals surface area contributed by atoms with Crippen LogP contribution >= 0.6 is 0 Å². The summed E-state index contributed by atoms with van der Waals surface area (Å²) in [6.45, 7) is 2.40. The third-order valence-corrected chi connectivity index (χ3v) is 2.00. The van der Waals surface area contributed by atoms with Crippen molar-refractivity contribution in [1.82, 2.24) is 5.12 Å². The Morgan fingerprint density at radius 2 is 2.42 bits per heavy atom. The molecule has 1 unspecified atom stereocenters. The number of piperidine rings is 1. The van der Waals surface area contributed by atoms with Crippen LogP contribution in [0.4, 0.5) is 4.48 Å². The monoisotopic (exact) mass is 175 g/mol. The van der Waals surface area contributed by atoms with E-state index in [0.29, 0.717) is 24.7 Å². The summed E-state index contributed by atoms with van der Waals surface area (Å²) >= 11 is 0. The Morgan fingerprint density at radius 1 is 1.67 bits per heavy atom. The van der Waals surface area contributed by atoms with E-state index in [-0.39, 0.29) is 0 Å². The molecule has 0 saturated carbocycles. The molecule has 1 heterocycles. The number of hydrogen-bond donors (Lipinski definition) is 0. The molecule has 1 aliphatic rings. The maximum atomic E-state index is 13.0. The van der Waals surface area contributed by atoms with Gasteiger partial charge in [0, 0.05) is 6.54 Å². The number of carbonyl (C=O) groups excluding carboxylic acids is 1. The fourth-order valence-electron chi connectivity index (χ4n) is 1.37. The van der Waals surface area contributed by atoms with Crippen molar-refractivity contribution in [1.29, 1.82) is 0 Å². The Hall–Kier alpha value is -0.640. The number of nitrogens with zero attached hydrogens (tertiary/aromatic N) is 1. The second kappa shape index (κ2) is 4.40. The molecule has 0 aromatic carbocycles. The molecule has 0 N–H and O–H groups in total. The summed E-state index contributed by atoms with van der Waals surface area (Å²) in [5.41, 5.74) is 0. The van der Waals surface area contributed by atoms with E-state index in [9.17, 15) is 9.28 Å². The van der Waals surface area contributed by atoms with E-state index < -0.39 is 12.0 Å². The predicted octanol–water partition coefficient (Wildman–Crippen LogP) is 1.29. The molecule has 1 atom stereocenters. The molecule has 1 rings (SSSR count). The van der Waals surface area contributed by atoms with Crippen molar-refractivity contribution < 1.29 is 14.0 Å². The lowest BCUT2D eigenvalue weighted by molar-refractivity contribution is -0.160. The molecule has 70 valence electrons. The van der Waals surface area contributed by atoms with E-state index in [0.717, 1.165) is 12.8 Å². The molecule has 0 radical (unpaired) electrons. The minimum Gasteiger partial charge on any atom is -0.465 e. The molecule has 0 aromatic rings. The third-order valence-electron chi connectivity index (χ3n) is 2.00. The molecule has 0 amide bonds. The summed E-state index contributed by atoms with van der Waals surface area (Å²) < 4.78 is 17.7. The fourth-order valence-corrected chi connectivity index (χ4v) is 1.37. The highest BCUT2D eigenvalue weighted by atomic mass is 19.2. The Kier molecular flexibility index (Phi) is 3.47. The van der Waals surface area contributed by atoms with Crippen molar-refractivity contribution in [2.45, 2.75) is 32.2 Å². The Labute approximate surface area is 71.4 Å². The quantitative estimate of drug-likeness (QED) is 0.468. The Bertz CT molecular complexity index is 163. The summed E-state index contributed by atoms with van der Waals surface area (Å²) in [7, 11) is 0. The molecular formula is C8H14FNO2. The number of rotatable bonds is 2. The van der Waals surface area contributed by atoms with E-state index in [1.807, 2.05) is 0 Å². The second-order valence-electron chi connectivity index (χ2n) is 2.89. The van der Waals surface area contributed by atoms with Crippen LogP contribution in [0.25, 0.3) is 0 Å². The highest BCUT2D eigenvalue weighted by molar-refractivity contribution is 5.75. The molecule has 0 spiro atoms. The van der Waals surface area contributed by atoms with E-state index in [4.69, 9.17) is 4.74 Å². The first-order chi connectivity index (χ1) is 5.75. The summed E-state index contributed by atoms with van der Waals surface area (Å²) in [6.07, 6.45) is 2.31. The van der Waals surface area contributed by atoms with Gasteiger partial charge in [-0.2, -0.15) is 0 Å². The molecule has 0 aliphatic carbocycles. The Morgan fingerprint density at radius 3 is 3.00 bits per heavy atom. The number of esters is 1. The topological polar surface area (TPSA) is 29.5 Å². The molecule has 0 aromatic heterocycles. The standard InChI is InChI=1S/C8H14FNO2/c1-2-12-8(11)7-5-3-4-6-10(7)9/h7H,2-6H2,1H3. The number of carbonyl (C=O) groups is 1. The van der Waals surface area contributed by atoms with Crippen molar-refractivity contribution >= 4 is 5.97 Å². The highest BCUT2D eigenvalue weighted by Gasteiger charge is 2.29. The average Bonchev–Trinajstić information content (AvgIpc) is 2.05. The van der Waals surface area contributed by atoms with E-state index >= 15 is 0 Å². The maximum absolute atomic E-state index is 13.0. The molecular weight excluding hydrogens is 161 g/mol. The largest absolute Gasteiger partial charge is 0.465 e. The minimum absolute atomic E-state index is 0.323. The average molecular weight is 175 g/mol. The Balaban J connectivity index is 2.42. The lowest BCUT2D eigenvalue weighted by atomic mass is 10.1. The van der Waals surface area contributed by atoms with Crippen molar-refractivity contribution in [2.24, 2.45) is 0 Å². The van der Waals surface area contributed by atoms with Crippen LogP contribution in [0, 0.1) is 0 Å². The van der Waals surface area contributed by atoms with Crippen LogP contribution in [0.15, 0.2) is 0 Å². The first-order valence-electron chi connectivity index (χ1n) is 4.34. The lowest BCUT2D eigenvalue weighted by Gasteiger charge is -2.25. The number of ether oxygens (including phenoxy) is 1.